The second kappa shape index (κ2) is 21.8. The van der Waals surface area contributed by atoms with E-state index in [4.69, 9.17) is 33.7 Å². The maximum atomic E-state index is 16.6. The molecule has 0 fully saturated rings. The molecule has 0 saturated heterocycles. The summed E-state index contributed by atoms with van der Waals surface area (Å²) in [7, 11) is 1.19. The molecule has 1 atom stereocenters. The number of pyridine rings is 2. The molecule has 0 spiro atoms. The second-order valence-electron chi connectivity index (χ2n) is 16.0. The van der Waals surface area contributed by atoms with Gasteiger partial charge in [-0.3, -0.25) is 9.69 Å². The minimum absolute atomic E-state index is 0.00125. The molecule has 1 aliphatic rings. The van der Waals surface area contributed by atoms with Crippen molar-refractivity contribution in [2.75, 3.05) is 17.3 Å². The lowest BCUT2D eigenvalue weighted by molar-refractivity contribution is 0.0598. The molecule has 8 aromatic rings. The number of carbonyl (C=O) groups excluding carboxylic acids is 2. The first-order valence-corrected chi connectivity index (χ1v) is 23.6. The summed E-state index contributed by atoms with van der Waals surface area (Å²) in [6.07, 6.45) is 0. The molecule has 0 bridgehead atoms. The number of fused-ring (bicyclic) bond motifs is 1. The van der Waals surface area contributed by atoms with Crippen LogP contribution in [0.5, 0.6) is 23.5 Å². The number of hydrogen-bond donors (Lipinski definition) is 1. The lowest BCUT2D eigenvalue weighted by atomic mass is 9.90. The number of nitrogens with one attached hydrogen (secondary N) is 1. The Balaban J connectivity index is 1.15. The molecule has 0 aliphatic carbocycles. The van der Waals surface area contributed by atoms with Crippen LogP contribution in [-0.4, -0.2) is 29.0 Å². The van der Waals surface area contributed by atoms with Crippen LogP contribution >= 0.6 is 31.9 Å². The first-order chi connectivity index (χ1) is 34.1. The molecule has 3 heterocycles. The summed E-state index contributed by atoms with van der Waals surface area (Å²) in [6.45, 7) is 0.489. The maximum absolute atomic E-state index is 16.6. The van der Waals surface area contributed by atoms with Gasteiger partial charge >= 0.3 is 5.97 Å². The van der Waals surface area contributed by atoms with Crippen LogP contribution in [-0.2, 0) is 37.7 Å². The van der Waals surface area contributed by atoms with Crippen LogP contribution in [0.15, 0.2) is 173 Å². The van der Waals surface area contributed by atoms with E-state index in [9.17, 15) is 4.79 Å². The predicted molar refractivity (Wildman–Crippen MR) is 267 cm³/mol. The van der Waals surface area contributed by atoms with Crippen molar-refractivity contribution < 1.29 is 42.1 Å². The lowest BCUT2D eigenvalue weighted by Crippen LogP contribution is -2.31. The highest BCUT2D eigenvalue weighted by atomic mass is 79.9. The Bertz CT molecular complexity index is 3160. The summed E-state index contributed by atoms with van der Waals surface area (Å²) in [6, 6.07) is 47.2. The van der Waals surface area contributed by atoms with Gasteiger partial charge in [0.1, 0.15) is 43.7 Å². The van der Waals surface area contributed by atoms with Crippen molar-refractivity contribution in [1.82, 2.24) is 9.97 Å². The third kappa shape index (κ3) is 10.7. The van der Waals surface area contributed by atoms with E-state index in [1.165, 1.54) is 18.1 Å². The van der Waals surface area contributed by atoms with Gasteiger partial charge in [-0.1, -0.05) is 121 Å². The number of esters is 1. The van der Waals surface area contributed by atoms with Gasteiger partial charge < -0.3 is 29.0 Å². The Kier molecular flexibility index (Phi) is 14.8. The molecule has 6 aromatic carbocycles. The van der Waals surface area contributed by atoms with Gasteiger partial charge in [0.05, 0.1) is 33.3 Å². The topological polar surface area (TPSA) is 121 Å². The maximum Gasteiger partial charge on any atom is 0.338 e. The van der Waals surface area contributed by atoms with Gasteiger partial charge in [0.2, 0.25) is 23.5 Å². The number of ether oxygens (including phenoxy) is 5. The summed E-state index contributed by atoms with van der Waals surface area (Å²) < 4.78 is 62.3. The summed E-state index contributed by atoms with van der Waals surface area (Å²) in [5.74, 6) is -2.33. The van der Waals surface area contributed by atoms with Gasteiger partial charge in [-0.25, -0.2) is 13.6 Å². The van der Waals surface area contributed by atoms with Crippen LogP contribution in [0.1, 0.15) is 65.7 Å². The molecular weight excluding hydrogens is 1030 g/mol. The molecule has 1 amide bonds. The van der Waals surface area contributed by atoms with Gasteiger partial charge in [-0.05, 0) is 95.6 Å². The molecule has 2 aromatic heterocycles. The van der Waals surface area contributed by atoms with Crippen molar-refractivity contribution in [3.8, 4) is 23.5 Å². The van der Waals surface area contributed by atoms with E-state index in [-0.39, 0.29) is 87.5 Å². The highest BCUT2D eigenvalue weighted by molar-refractivity contribution is 9.10. The molecule has 1 unspecified atom stereocenters. The van der Waals surface area contributed by atoms with Crippen molar-refractivity contribution in [2.24, 2.45) is 0 Å². The first-order valence-electron chi connectivity index (χ1n) is 22.0. The van der Waals surface area contributed by atoms with E-state index in [1.807, 2.05) is 121 Å². The Labute approximate surface area is 419 Å². The number of halogens is 4. The first kappa shape index (κ1) is 47.4. The van der Waals surface area contributed by atoms with E-state index in [0.717, 1.165) is 34.4 Å². The van der Waals surface area contributed by atoms with Gasteiger partial charge in [0.15, 0.2) is 0 Å². The Morgan fingerprint density at radius 3 is 1.67 bits per heavy atom. The fourth-order valence-electron chi connectivity index (χ4n) is 7.98. The van der Waals surface area contributed by atoms with E-state index in [1.54, 1.807) is 24.3 Å². The SMILES string of the molecule is COC(=O)c1cc(F)c(Br)c(C2c3cc(Br)c(F)cc3C(=O)N2c2ccc(OCc3ccccc3)nc2OCc2ccccc2)c1CNc1ccc(OCc2ccccc2)nc1OCc1ccccc1. The highest BCUT2D eigenvalue weighted by Gasteiger charge is 2.44. The van der Waals surface area contributed by atoms with Crippen LogP contribution in [0, 0.1) is 11.6 Å². The van der Waals surface area contributed by atoms with Crippen LogP contribution in [0.4, 0.5) is 20.2 Å². The van der Waals surface area contributed by atoms with Crippen molar-refractivity contribution in [3.63, 3.8) is 0 Å². The fourth-order valence-corrected chi connectivity index (χ4v) is 8.91. The number of nitrogens with zero attached hydrogens (tertiary/aromatic N) is 3. The van der Waals surface area contributed by atoms with E-state index >= 15 is 13.6 Å². The molecule has 0 saturated carbocycles. The number of rotatable bonds is 18. The third-order valence-corrected chi connectivity index (χ3v) is 12.8. The molecule has 11 nitrogen and oxygen atoms in total. The predicted octanol–water partition coefficient (Wildman–Crippen LogP) is 12.7. The number of carbonyl (C=O) groups is 2. The minimum Gasteiger partial charge on any atom is -0.473 e. The average Bonchev–Trinajstić information content (AvgIpc) is 3.66. The normalized spacial score (nSPS) is 12.8. The smallest absolute Gasteiger partial charge is 0.338 e. The monoisotopic (exact) mass is 1070 g/mol. The third-order valence-electron chi connectivity index (χ3n) is 11.4. The zero-order valence-corrected chi connectivity index (χ0v) is 40.6. The molecule has 15 heteroatoms. The number of anilines is 2. The van der Waals surface area contributed by atoms with Gasteiger partial charge in [0.25, 0.3) is 5.91 Å². The van der Waals surface area contributed by atoms with Crippen molar-refractivity contribution >= 4 is 55.1 Å². The zero-order chi connectivity index (χ0) is 48.6. The van der Waals surface area contributed by atoms with E-state index < -0.39 is 29.6 Å². The minimum atomic E-state index is -1.22. The van der Waals surface area contributed by atoms with E-state index in [2.05, 4.69) is 37.2 Å². The summed E-state index contributed by atoms with van der Waals surface area (Å²) in [5.41, 5.74) is 4.63. The van der Waals surface area contributed by atoms with Crippen molar-refractivity contribution in [2.45, 2.75) is 39.0 Å². The molecule has 1 N–H and O–H groups in total. The Hall–Kier alpha value is -7.62. The number of hydrogen-bond acceptors (Lipinski definition) is 10. The highest BCUT2D eigenvalue weighted by Crippen LogP contribution is 2.50. The number of benzene rings is 6. The lowest BCUT2D eigenvalue weighted by Gasteiger charge is -2.30. The van der Waals surface area contributed by atoms with Crippen LogP contribution in [0.2, 0.25) is 0 Å². The van der Waals surface area contributed by atoms with Crippen molar-refractivity contribution in [1.29, 1.82) is 0 Å². The van der Waals surface area contributed by atoms with Crippen molar-refractivity contribution in [3.05, 3.63) is 234 Å². The molecule has 0 radical (unpaired) electrons. The van der Waals surface area contributed by atoms with Gasteiger partial charge in [-0.2, -0.15) is 9.97 Å². The molecule has 70 heavy (non-hydrogen) atoms. The van der Waals surface area contributed by atoms with E-state index in [0.29, 0.717) is 17.1 Å². The number of aromatic nitrogens is 2. The fraction of sp³-hybridized carbons (Fsp3) is 0.127. The molecule has 352 valence electrons. The summed E-state index contributed by atoms with van der Waals surface area (Å²) >= 11 is 6.85. The molecule has 9 rings (SSSR count). The van der Waals surface area contributed by atoms with Crippen LogP contribution in [0.25, 0.3) is 0 Å². The molecule has 1 aliphatic heterocycles. The van der Waals surface area contributed by atoms with Gasteiger partial charge in [-0.15, -0.1) is 0 Å². The standard InChI is InChI=1S/C55H42Br2F2N4O7/c1-66-55(65)40-28-44(59)50(57)49(41(40)29-60-45-22-24-47(67-30-34-14-6-2-7-15-34)61-52(45)69-32-36-18-10-4-11-19-36)51-38-26-42(56)43(58)27-39(38)54(64)63(51)46-23-25-48(68-31-35-16-8-3-9-17-35)62-53(46)70-33-37-20-12-5-13-21-37/h2-28,51,60H,29-33H2,1H3. The van der Waals surface area contributed by atoms with Crippen LogP contribution < -0.4 is 29.2 Å². The Morgan fingerprint density at radius 2 is 1.13 bits per heavy atom. The number of amides is 1. The quantitative estimate of drug-likeness (QED) is 0.0832. The van der Waals surface area contributed by atoms with Gasteiger partial charge in [0, 0.05) is 29.8 Å². The Morgan fingerprint density at radius 1 is 0.629 bits per heavy atom. The average molecular weight is 1070 g/mol. The summed E-state index contributed by atoms with van der Waals surface area (Å²) in [4.78, 5) is 39.7. The largest absolute Gasteiger partial charge is 0.473 e. The molecular formula is C55H42Br2F2N4O7. The number of methoxy groups -OCH3 is 1. The second-order valence-corrected chi connectivity index (χ2v) is 17.6. The summed E-state index contributed by atoms with van der Waals surface area (Å²) in [5, 5.41) is 3.37. The zero-order valence-electron chi connectivity index (χ0n) is 37.4. The van der Waals surface area contributed by atoms with Crippen LogP contribution in [0.3, 0.4) is 0 Å².